The van der Waals surface area contributed by atoms with Gasteiger partial charge >= 0.3 is 0 Å². The highest BCUT2D eigenvalue weighted by molar-refractivity contribution is 5.45. The van der Waals surface area contributed by atoms with E-state index in [-0.39, 0.29) is 5.75 Å². The first-order valence-corrected chi connectivity index (χ1v) is 10.5. The van der Waals surface area contributed by atoms with Gasteiger partial charge in [-0.2, -0.15) is 0 Å². The van der Waals surface area contributed by atoms with Crippen molar-refractivity contribution in [1.29, 1.82) is 0 Å². The molecule has 0 aromatic heterocycles. The third-order valence-electron chi connectivity index (χ3n) is 4.82. The van der Waals surface area contributed by atoms with E-state index in [1.807, 2.05) is 24.3 Å². The molecule has 0 fully saturated rings. The molecule has 0 saturated heterocycles. The molecule has 3 heteroatoms. The van der Waals surface area contributed by atoms with Gasteiger partial charge in [0.05, 0.1) is 0 Å². The molecule has 0 aliphatic heterocycles. The Bertz CT molecular complexity index is 811. The highest BCUT2D eigenvalue weighted by atomic mass is 16.5. The summed E-state index contributed by atoms with van der Waals surface area (Å²) >= 11 is 0. The van der Waals surface area contributed by atoms with Crippen LogP contribution in [0.3, 0.4) is 0 Å². The second kappa shape index (κ2) is 10.6. The lowest BCUT2D eigenvalue weighted by Gasteiger charge is -2.11. The molecule has 3 aromatic carbocycles. The van der Waals surface area contributed by atoms with Gasteiger partial charge < -0.3 is 14.6 Å². The zero-order valence-electron chi connectivity index (χ0n) is 17.4. The summed E-state index contributed by atoms with van der Waals surface area (Å²) in [6, 6.07) is 21.2. The minimum atomic E-state index is 0.108. The molecule has 0 aliphatic rings. The SMILES string of the molecule is CCCCc1ccc(Oc2cc(O)cc(Oc3ccc(CCCC)cc3)c2)cc1. The minimum absolute atomic E-state index is 0.108. The van der Waals surface area contributed by atoms with Crippen molar-refractivity contribution in [2.45, 2.75) is 52.4 Å². The zero-order valence-corrected chi connectivity index (χ0v) is 17.4. The average molecular weight is 391 g/mol. The molecular weight excluding hydrogens is 360 g/mol. The summed E-state index contributed by atoms with van der Waals surface area (Å²) in [5.41, 5.74) is 2.61. The Balaban J connectivity index is 1.66. The molecule has 0 atom stereocenters. The number of aromatic hydroxyl groups is 1. The van der Waals surface area contributed by atoms with Crippen molar-refractivity contribution in [3.05, 3.63) is 77.9 Å². The smallest absolute Gasteiger partial charge is 0.134 e. The quantitative estimate of drug-likeness (QED) is 0.386. The van der Waals surface area contributed by atoms with Crippen molar-refractivity contribution >= 4 is 0 Å². The molecule has 0 heterocycles. The van der Waals surface area contributed by atoms with Gasteiger partial charge in [0.25, 0.3) is 0 Å². The van der Waals surface area contributed by atoms with Gasteiger partial charge in [0.15, 0.2) is 0 Å². The zero-order chi connectivity index (χ0) is 20.5. The van der Waals surface area contributed by atoms with Crippen LogP contribution in [0.5, 0.6) is 28.7 Å². The third kappa shape index (κ3) is 6.56. The summed E-state index contributed by atoms with van der Waals surface area (Å²) in [5.74, 6) is 2.67. The van der Waals surface area contributed by atoms with E-state index in [2.05, 4.69) is 38.1 Å². The number of benzene rings is 3. The Morgan fingerprint density at radius 2 is 1.00 bits per heavy atom. The predicted octanol–water partition coefficient (Wildman–Crippen LogP) is 7.66. The minimum Gasteiger partial charge on any atom is -0.508 e. The van der Waals surface area contributed by atoms with Crippen molar-refractivity contribution in [2.24, 2.45) is 0 Å². The van der Waals surface area contributed by atoms with Gasteiger partial charge in [0.2, 0.25) is 0 Å². The normalized spacial score (nSPS) is 10.7. The number of hydrogen-bond acceptors (Lipinski definition) is 3. The summed E-state index contributed by atoms with van der Waals surface area (Å²) < 4.78 is 11.8. The van der Waals surface area contributed by atoms with Crippen molar-refractivity contribution < 1.29 is 14.6 Å². The van der Waals surface area contributed by atoms with Crippen molar-refractivity contribution in [2.75, 3.05) is 0 Å². The number of hydrogen-bond donors (Lipinski definition) is 1. The van der Waals surface area contributed by atoms with Gasteiger partial charge in [-0.05, 0) is 61.1 Å². The van der Waals surface area contributed by atoms with Crippen molar-refractivity contribution in [1.82, 2.24) is 0 Å². The number of aryl methyl sites for hydroxylation is 2. The largest absolute Gasteiger partial charge is 0.508 e. The van der Waals surface area contributed by atoms with Crippen LogP contribution in [0.1, 0.15) is 50.7 Å². The van der Waals surface area contributed by atoms with Crippen molar-refractivity contribution in [3.8, 4) is 28.7 Å². The van der Waals surface area contributed by atoms with Crippen molar-refractivity contribution in [3.63, 3.8) is 0 Å². The van der Waals surface area contributed by atoms with Gasteiger partial charge in [-0.25, -0.2) is 0 Å². The molecule has 3 aromatic rings. The van der Waals surface area contributed by atoms with Gasteiger partial charge in [-0.15, -0.1) is 0 Å². The van der Waals surface area contributed by atoms with Crippen LogP contribution in [-0.4, -0.2) is 5.11 Å². The Morgan fingerprint density at radius 3 is 1.38 bits per heavy atom. The van der Waals surface area contributed by atoms with E-state index < -0.39 is 0 Å². The molecule has 3 rings (SSSR count). The lowest BCUT2D eigenvalue weighted by Crippen LogP contribution is -1.90. The van der Waals surface area contributed by atoms with Crippen LogP contribution in [0.2, 0.25) is 0 Å². The highest BCUT2D eigenvalue weighted by Gasteiger charge is 2.06. The van der Waals surface area contributed by atoms with Gasteiger partial charge in [-0.1, -0.05) is 51.0 Å². The Hall–Kier alpha value is -2.94. The second-order valence-electron chi connectivity index (χ2n) is 7.36. The lowest BCUT2D eigenvalue weighted by atomic mass is 10.1. The van der Waals surface area contributed by atoms with Gasteiger partial charge in [-0.3, -0.25) is 0 Å². The summed E-state index contributed by atoms with van der Waals surface area (Å²) in [7, 11) is 0. The molecule has 1 N–H and O–H groups in total. The molecule has 152 valence electrons. The standard InChI is InChI=1S/C26H30O3/c1-3-5-7-20-9-13-23(14-10-20)28-25-17-22(27)18-26(19-25)29-24-15-11-21(12-16-24)8-6-4-2/h9-19,27H,3-8H2,1-2H3. The maximum absolute atomic E-state index is 10.1. The fourth-order valence-electron chi connectivity index (χ4n) is 3.16. The number of phenolic OH excluding ortho intramolecular Hbond substituents is 1. The second-order valence-corrected chi connectivity index (χ2v) is 7.36. The van der Waals surface area contributed by atoms with Crippen LogP contribution < -0.4 is 9.47 Å². The Labute approximate surface area is 173 Å². The Kier molecular flexibility index (Phi) is 7.57. The highest BCUT2D eigenvalue weighted by Crippen LogP contribution is 2.33. The van der Waals surface area contributed by atoms with E-state index in [1.165, 1.54) is 36.8 Å². The molecule has 0 bridgehead atoms. The van der Waals surface area contributed by atoms with Crippen LogP contribution in [-0.2, 0) is 12.8 Å². The topological polar surface area (TPSA) is 38.7 Å². The Morgan fingerprint density at radius 1 is 0.586 bits per heavy atom. The summed E-state index contributed by atoms with van der Waals surface area (Å²) in [6.45, 7) is 4.39. The van der Waals surface area contributed by atoms with Crippen LogP contribution in [0, 0.1) is 0 Å². The first-order valence-electron chi connectivity index (χ1n) is 10.5. The summed E-state index contributed by atoms with van der Waals surface area (Å²) in [4.78, 5) is 0. The predicted molar refractivity (Wildman–Crippen MR) is 118 cm³/mol. The number of rotatable bonds is 10. The number of phenols is 1. The number of ether oxygens (including phenoxy) is 2. The van der Waals surface area contributed by atoms with Gasteiger partial charge in [0, 0.05) is 18.2 Å². The summed E-state index contributed by atoms with van der Waals surface area (Å²) in [6.07, 6.45) is 6.91. The third-order valence-corrected chi connectivity index (χ3v) is 4.82. The van der Waals surface area contributed by atoms with Gasteiger partial charge in [0.1, 0.15) is 28.7 Å². The van der Waals surface area contributed by atoms with E-state index in [9.17, 15) is 5.11 Å². The van der Waals surface area contributed by atoms with Crippen LogP contribution in [0.4, 0.5) is 0 Å². The fourth-order valence-corrected chi connectivity index (χ4v) is 3.16. The molecule has 0 aliphatic carbocycles. The first-order chi connectivity index (χ1) is 14.2. The van der Waals surface area contributed by atoms with E-state index in [0.717, 1.165) is 24.3 Å². The average Bonchev–Trinajstić information content (AvgIpc) is 2.72. The lowest BCUT2D eigenvalue weighted by molar-refractivity contribution is 0.435. The number of unbranched alkanes of at least 4 members (excludes halogenated alkanes) is 2. The fraction of sp³-hybridized carbons (Fsp3) is 0.308. The molecule has 0 saturated carbocycles. The van der Waals surface area contributed by atoms with E-state index >= 15 is 0 Å². The monoisotopic (exact) mass is 390 g/mol. The first kappa shape index (κ1) is 20.8. The maximum atomic E-state index is 10.1. The van der Waals surface area contributed by atoms with E-state index in [1.54, 1.807) is 18.2 Å². The van der Waals surface area contributed by atoms with Crippen LogP contribution in [0.15, 0.2) is 66.7 Å². The van der Waals surface area contributed by atoms with Crippen LogP contribution in [0.25, 0.3) is 0 Å². The molecule has 29 heavy (non-hydrogen) atoms. The molecule has 0 radical (unpaired) electrons. The molecule has 0 spiro atoms. The molecular formula is C26H30O3. The molecule has 0 amide bonds. The molecule has 0 unspecified atom stereocenters. The molecule has 3 nitrogen and oxygen atoms in total. The van der Waals surface area contributed by atoms with Crippen LogP contribution >= 0.6 is 0 Å². The van der Waals surface area contributed by atoms with E-state index in [4.69, 9.17) is 9.47 Å². The summed E-state index contributed by atoms with van der Waals surface area (Å²) in [5, 5.41) is 10.1. The maximum Gasteiger partial charge on any atom is 0.134 e. The van der Waals surface area contributed by atoms with E-state index in [0.29, 0.717) is 11.5 Å².